The Kier molecular flexibility index (Phi) is 6.36. The second kappa shape index (κ2) is 9.52. The summed E-state index contributed by atoms with van der Waals surface area (Å²) in [6, 6.07) is 21.9. The van der Waals surface area contributed by atoms with Crippen LogP contribution in [0, 0.1) is 20.8 Å². The lowest BCUT2D eigenvalue weighted by atomic mass is 10.1. The van der Waals surface area contributed by atoms with E-state index in [0.717, 1.165) is 28.8 Å². The summed E-state index contributed by atoms with van der Waals surface area (Å²) < 4.78 is 0. The molecule has 1 amide bonds. The zero-order valence-corrected chi connectivity index (χ0v) is 18.7. The number of hydrogen-bond donors (Lipinski definition) is 3. The van der Waals surface area contributed by atoms with Crippen LogP contribution in [0.4, 0.5) is 5.69 Å². The molecule has 0 bridgehead atoms. The van der Waals surface area contributed by atoms with Crippen molar-refractivity contribution in [3.8, 4) is 0 Å². The number of aryl methyl sites for hydroxylation is 3. The number of amides is 1. The molecule has 0 atom stereocenters. The number of nitrogens with zero attached hydrogens (tertiary/aromatic N) is 1. The maximum Gasteiger partial charge on any atom is 0.257 e. The Morgan fingerprint density at radius 2 is 1.69 bits per heavy atom. The first kappa shape index (κ1) is 21.4. The average Bonchev–Trinajstić information content (AvgIpc) is 3.19. The third-order valence-corrected chi connectivity index (χ3v) is 5.51. The van der Waals surface area contributed by atoms with E-state index in [1.165, 1.54) is 16.5 Å². The average molecular weight is 425 g/mol. The minimum Gasteiger partial charge on any atom is -0.361 e. The number of nitrogens with one attached hydrogen (secondary N) is 3. The highest BCUT2D eigenvalue weighted by Crippen LogP contribution is 2.19. The molecule has 3 N–H and O–H groups in total. The third kappa shape index (κ3) is 5.06. The van der Waals surface area contributed by atoms with Gasteiger partial charge in [0.1, 0.15) is 0 Å². The normalized spacial score (nSPS) is 11.5. The number of aromatic nitrogens is 1. The summed E-state index contributed by atoms with van der Waals surface area (Å²) in [4.78, 5) is 20.8. The maximum absolute atomic E-state index is 12.8. The highest BCUT2D eigenvalue weighted by molar-refractivity contribution is 6.10. The first-order valence-corrected chi connectivity index (χ1v) is 10.8. The number of guanidine groups is 1. The predicted molar refractivity (Wildman–Crippen MR) is 132 cm³/mol. The molecule has 0 aliphatic carbocycles. The molecular formula is C27H28N4O. The van der Waals surface area contributed by atoms with Gasteiger partial charge >= 0.3 is 0 Å². The van der Waals surface area contributed by atoms with Crippen molar-refractivity contribution in [3.63, 3.8) is 0 Å². The smallest absolute Gasteiger partial charge is 0.257 e. The summed E-state index contributed by atoms with van der Waals surface area (Å²) in [5, 5.41) is 7.47. The number of anilines is 1. The fraction of sp³-hybridized carbons (Fsp3) is 0.185. The molecule has 3 aromatic carbocycles. The summed E-state index contributed by atoms with van der Waals surface area (Å²) in [6.07, 6.45) is 2.80. The summed E-state index contributed by atoms with van der Waals surface area (Å²) in [7, 11) is 0. The van der Waals surface area contributed by atoms with Gasteiger partial charge in [-0.05, 0) is 62.6 Å². The van der Waals surface area contributed by atoms with Gasteiger partial charge in [0.05, 0.1) is 0 Å². The topological polar surface area (TPSA) is 69.3 Å². The summed E-state index contributed by atoms with van der Waals surface area (Å²) in [5.74, 6) is 0.260. The molecule has 0 saturated heterocycles. The van der Waals surface area contributed by atoms with Gasteiger partial charge in [-0.3, -0.25) is 15.1 Å². The van der Waals surface area contributed by atoms with Crippen LogP contribution in [0.5, 0.6) is 0 Å². The minimum atomic E-state index is -0.187. The summed E-state index contributed by atoms with van der Waals surface area (Å²) in [6.45, 7) is 6.65. The fourth-order valence-corrected chi connectivity index (χ4v) is 3.70. The number of aromatic amines is 1. The highest BCUT2D eigenvalue weighted by Gasteiger charge is 2.11. The largest absolute Gasteiger partial charge is 0.361 e. The molecule has 4 aromatic rings. The van der Waals surface area contributed by atoms with Gasteiger partial charge < -0.3 is 10.3 Å². The van der Waals surface area contributed by atoms with Crippen LogP contribution >= 0.6 is 0 Å². The monoisotopic (exact) mass is 424 g/mol. The molecule has 5 heteroatoms. The van der Waals surface area contributed by atoms with Gasteiger partial charge in [0, 0.05) is 34.9 Å². The second-order valence-corrected chi connectivity index (χ2v) is 8.10. The number of hydrogen-bond acceptors (Lipinski definition) is 2. The number of para-hydroxylation sites is 1. The van der Waals surface area contributed by atoms with Crippen molar-refractivity contribution in [1.29, 1.82) is 0 Å². The van der Waals surface area contributed by atoms with Gasteiger partial charge in [-0.1, -0.05) is 53.6 Å². The minimum absolute atomic E-state index is 0.187. The first-order chi connectivity index (χ1) is 15.5. The Labute approximate surface area is 188 Å². The predicted octanol–water partition coefficient (Wildman–Crippen LogP) is 5.53. The molecule has 0 spiro atoms. The molecule has 1 aromatic heterocycles. The van der Waals surface area contributed by atoms with E-state index in [1.807, 2.05) is 68.6 Å². The van der Waals surface area contributed by atoms with E-state index in [-0.39, 0.29) is 5.91 Å². The number of aliphatic imine (C=N–C) groups is 1. The van der Waals surface area contributed by atoms with Crippen molar-refractivity contribution in [2.45, 2.75) is 27.2 Å². The zero-order valence-electron chi connectivity index (χ0n) is 18.7. The van der Waals surface area contributed by atoms with Crippen LogP contribution in [0.1, 0.15) is 32.6 Å². The Hall–Kier alpha value is -3.86. The van der Waals surface area contributed by atoms with Crippen molar-refractivity contribution < 1.29 is 4.79 Å². The number of H-pyrrole nitrogens is 1. The van der Waals surface area contributed by atoms with Gasteiger partial charge in [-0.15, -0.1) is 0 Å². The number of benzene rings is 3. The van der Waals surface area contributed by atoms with Gasteiger partial charge in [0.15, 0.2) is 0 Å². The molecule has 5 nitrogen and oxygen atoms in total. The van der Waals surface area contributed by atoms with E-state index in [4.69, 9.17) is 4.99 Å². The van der Waals surface area contributed by atoms with E-state index < -0.39 is 0 Å². The summed E-state index contributed by atoms with van der Waals surface area (Å²) in [5.41, 5.74) is 7.25. The Morgan fingerprint density at radius 1 is 0.938 bits per heavy atom. The van der Waals surface area contributed by atoms with Crippen molar-refractivity contribution in [2.24, 2.45) is 4.99 Å². The molecule has 0 aliphatic rings. The molecule has 162 valence electrons. The second-order valence-electron chi connectivity index (χ2n) is 8.10. The van der Waals surface area contributed by atoms with E-state index in [1.54, 1.807) is 0 Å². The Balaban J connectivity index is 1.54. The molecule has 0 saturated carbocycles. The van der Waals surface area contributed by atoms with E-state index in [2.05, 4.69) is 40.7 Å². The van der Waals surface area contributed by atoms with Gasteiger partial charge in [-0.25, -0.2) is 0 Å². The first-order valence-electron chi connectivity index (χ1n) is 10.8. The molecule has 32 heavy (non-hydrogen) atoms. The molecule has 1 heterocycles. The fourth-order valence-electron chi connectivity index (χ4n) is 3.70. The lowest BCUT2D eigenvalue weighted by molar-refractivity contribution is 0.0977. The molecule has 0 aliphatic heterocycles. The Bertz CT molecular complexity index is 1270. The van der Waals surface area contributed by atoms with Crippen LogP contribution in [0.25, 0.3) is 10.9 Å². The number of carbonyl (C=O) groups excluding carboxylic acids is 1. The third-order valence-electron chi connectivity index (χ3n) is 5.51. The number of rotatable bonds is 5. The quantitative estimate of drug-likeness (QED) is 0.291. The summed E-state index contributed by atoms with van der Waals surface area (Å²) >= 11 is 0. The van der Waals surface area contributed by atoms with Gasteiger partial charge in [0.2, 0.25) is 5.96 Å². The molecular weight excluding hydrogens is 396 g/mol. The van der Waals surface area contributed by atoms with E-state index in [0.29, 0.717) is 18.1 Å². The maximum atomic E-state index is 12.8. The van der Waals surface area contributed by atoms with Crippen LogP contribution in [0.15, 0.2) is 77.9 Å². The van der Waals surface area contributed by atoms with Crippen molar-refractivity contribution in [3.05, 3.63) is 101 Å². The molecule has 0 fully saturated rings. The lowest BCUT2D eigenvalue weighted by Gasteiger charge is -2.14. The van der Waals surface area contributed by atoms with Crippen LogP contribution in [-0.2, 0) is 6.42 Å². The van der Waals surface area contributed by atoms with Gasteiger partial charge in [-0.2, -0.15) is 0 Å². The molecule has 0 radical (unpaired) electrons. The number of fused-ring (bicyclic) bond motifs is 1. The highest BCUT2D eigenvalue weighted by atomic mass is 16.1. The molecule has 4 rings (SSSR count). The van der Waals surface area contributed by atoms with Crippen LogP contribution in [0.2, 0.25) is 0 Å². The van der Waals surface area contributed by atoms with E-state index in [9.17, 15) is 4.79 Å². The van der Waals surface area contributed by atoms with Gasteiger partial charge in [0.25, 0.3) is 5.91 Å². The van der Waals surface area contributed by atoms with Crippen LogP contribution in [-0.4, -0.2) is 23.4 Å². The van der Waals surface area contributed by atoms with Crippen molar-refractivity contribution in [2.75, 3.05) is 11.9 Å². The Morgan fingerprint density at radius 3 is 2.47 bits per heavy atom. The SMILES string of the molecule is Cc1ccc(C(=O)NC(=NCCc2c[nH]c3ccccc23)Nc2ccc(C)cc2C)cc1. The zero-order chi connectivity index (χ0) is 22.5. The molecule has 0 unspecified atom stereocenters. The van der Waals surface area contributed by atoms with E-state index >= 15 is 0 Å². The standard InChI is InChI=1S/C27H28N4O/c1-18-8-11-21(12-9-18)26(32)31-27(30-24-13-10-19(2)16-20(24)3)28-15-14-22-17-29-25-7-5-4-6-23(22)25/h4-13,16-17,29H,14-15H2,1-3H3,(H2,28,30,31,32). The lowest BCUT2D eigenvalue weighted by Crippen LogP contribution is -2.36. The van der Waals surface area contributed by atoms with Crippen molar-refractivity contribution in [1.82, 2.24) is 10.3 Å². The van der Waals surface area contributed by atoms with Crippen LogP contribution < -0.4 is 10.6 Å². The van der Waals surface area contributed by atoms with Crippen LogP contribution in [0.3, 0.4) is 0 Å². The number of carbonyl (C=O) groups is 1. The van der Waals surface area contributed by atoms with Crippen molar-refractivity contribution >= 4 is 28.5 Å².